The monoisotopic (exact) mass is 433 g/mol. The molecule has 5 nitrogen and oxygen atoms in total. The molecule has 1 aromatic heterocycles. The number of benzene rings is 1. The summed E-state index contributed by atoms with van der Waals surface area (Å²) in [6, 6.07) is 7.72. The summed E-state index contributed by atoms with van der Waals surface area (Å²) in [5.74, 6) is 1.77. The van der Waals surface area contributed by atoms with Crippen LogP contribution in [0.4, 0.5) is 5.82 Å². The van der Waals surface area contributed by atoms with Crippen LogP contribution in [0.25, 0.3) is 11.3 Å². The van der Waals surface area contributed by atoms with E-state index in [2.05, 4.69) is 44.9 Å². The first-order chi connectivity index (χ1) is 14.0. The number of hydrogen-bond donors (Lipinski definition) is 0. The van der Waals surface area contributed by atoms with Gasteiger partial charge in [-0.25, -0.2) is 0 Å². The average molecular weight is 434 g/mol. The molecule has 2 saturated heterocycles. The molecule has 1 unspecified atom stereocenters. The van der Waals surface area contributed by atoms with E-state index in [1.807, 2.05) is 12.1 Å². The van der Waals surface area contributed by atoms with Gasteiger partial charge in [-0.3, -0.25) is 4.90 Å². The largest absolute Gasteiger partial charge is 0.353 e. The fourth-order valence-electron chi connectivity index (χ4n) is 4.50. The zero-order valence-electron chi connectivity index (χ0n) is 17.2. The van der Waals surface area contributed by atoms with Crippen LogP contribution in [0.15, 0.2) is 24.3 Å². The Morgan fingerprint density at radius 3 is 2.48 bits per heavy atom. The van der Waals surface area contributed by atoms with Crippen LogP contribution < -0.4 is 4.90 Å². The second kappa shape index (κ2) is 9.17. The molecule has 0 spiro atoms. The third kappa shape index (κ3) is 5.02. The fourth-order valence-corrected chi connectivity index (χ4v) is 4.80. The van der Waals surface area contributed by atoms with E-state index >= 15 is 0 Å². The minimum absolute atomic E-state index is 0.537. The molecule has 0 saturated carbocycles. The van der Waals surface area contributed by atoms with Crippen molar-refractivity contribution in [3.05, 3.63) is 39.9 Å². The maximum absolute atomic E-state index is 6.16. The van der Waals surface area contributed by atoms with Gasteiger partial charge in [0.15, 0.2) is 5.82 Å². The summed E-state index contributed by atoms with van der Waals surface area (Å²) in [6.45, 7) is 9.98. The van der Waals surface area contributed by atoms with Crippen molar-refractivity contribution in [2.24, 2.45) is 5.92 Å². The van der Waals surface area contributed by atoms with Gasteiger partial charge in [0.05, 0.1) is 15.7 Å². The van der Waals surface area contributed by atoms with Crippen LogP contribution in [0.1, 0.15) is 18.4 Å². The summed E-state index contributed by atoms with van der Waals surface area (Å²) in [5.41, 5.74) is 2.90. The van der Waals surface area contributed by atoms with Crippen LogP contribution in [0.2, 0.25) is 10.0 Å². The molecule has 3 heterocycles. The third-order valence-corrected chi connectivity index (χ3v) is 6.84. The van der Waals surface area contributed by atoms with Crippen molar-refractivity contribution in [3.8, 4) is 11.3 Å². The van der Waals surface area contributed by atoms with E-state index in [0.717, 1.165) is 54.7 Å². The van der Waals surface area contributed by atoms with Crippen molar-refractivity contribution in [2.45, 2.75) is 19.8 Å². The van der Waals surface area contributed by atoms with Crippen molar-refractivity contribution in [3.63, 3.8) is 0 Å². The number of halogens is 2. The third-order valence-electron chi connectivity index (χ3n) is 6.10. The summed E-state index contributed by atoms with van der Waals surface area (Å²) < 4.78 is 0. The maximum Gasteiger partial charge on any atom is 0.151 e. The van der Waals surface area contributed by atoms with E-state index in [0.29, 0.717) is 10.0 Å². The predicted molar refractivity (Wildman–Crippen MR) is 121 cm³/mol. The Kier molecular flexibility index (Phi) is 6.60. The van der Waals surface area contributed by atoms with Gasteiger partial charge < -0.3 is 9.80 Å². The number of aryl methyl sites for hydroxylation is 1. The van der Waals surface area contributed by atoms with Crippen LogP contribution in [0.3, 0.4) is 0 Å². The summed E-state index contributed by atoms with van der Waals surface area (Å²) in [7, 11) is 2.24. The summed E-state index contributed by atoms with van der Waals surface area (Å²) in [4.78, 5) is 7.44. The smallest absolute Gasteiger partial charge is 0.151 e. The fraction of sp³-hybridized carbons (Fsp3) is 0.545. The van der Waals surface area contributed by atoms with E-state index in [4.69, 9.17) is 23.2 Å². The van der Waals surface area contributed by atoms with Crippen molar-refractivity contribution in [2.75, 3.05) is 57.8 Å². The molecule has 1 aromatic carbocycles. The molecule has 2 aliphatic heterocycles. The second-order valence-corrected chi connectivity index (χ2v) is 9.24. The summed E-state index contributed by atoms with van der Waals surface area (Å²) in [5, 5.41) is 10.1. The molecule has 2 aromatic rings. The lowest BCUT2D eigenvalue weighted by molar-refractivity contribution is 0.147. The van der Waals surface area contributed by atoms with Gasteiger partial charge in [0.25, 0.3) is 0 Å². The summed E-state index contributed by atoms with van der Waals surface area (Å²) in [6.07, 6.45) is 2.70. The first kappa shape index (κ1) is 20.9. The lowest BCUT2D eigenvalue weighted by atomic mass is 9.97. The zero-order valence-corrected chi connectivity index (χ0v) is 18.8. The van der Waals surface area contributed by atoms with Crippen molar-refractivity contribution >= 4 is 29.0 Å². The highest BCUT2D eigenvalue weighted by molar-refractivity contribution is 6.42. The SMILES string of the molecule is Cc1cc(N2CCN(CC3CCCN(C)C3)CC2)nnc1-c1ccc(Cl)c(Cl)c1. The molecule has 156 valence electrons. The van der Waals surface area contributed by atoms with Gasteiger partial charge in [0, 0.05) is 44.8 Å². The van der Waals surface area contributed by atoms with Crippen molar-refractivity contribution in [1.82, 2.24) is 20.0 Å². The Morgan fingerprint density at radius 2 is 1.79 bits per heavy atom. The van der Waals surface area contributed by atoms with Gasteiger partial charge in [-0.2, -0.15) is 0 Å². The van der Waals surface area contributed by atoms with Crippen LogP contribution in [-0.2, 0) is 0 Å². The lowest BCUT2D eigenvalue weighted by Crippen LogP contribution is -2.49. The molecule has 0 N–H and O–H groups in total. The van der Waals surface area contributed by atoms with Crippen LogP contribution in [0.5, 0.6) is 0 Å². The molecule has 7 heteroatoms. The Morgan fingerprint density at radius 1 is 1.00 bits per heavy atom. The first-order valence-electron chi connectivity index (χ1n) is 10.4. The molecular formula is C22H29Cl2N5. The Hall–Kier alpha value is -1.40. The molecule has 0 amide bonds. The molecule has 0 bridgehead atoms. The maximum atomic E-state index is 6.16. The Labute approximate surface area is 183 Å². The van der Waals surface area contributed by atoms with Gasteiger partial charge in [0.2, 0.25) is 0 Å². The van der Waals surface area contributed by atoms with Crippen LogP contribution in [0, 0.1) is 12.8 Å². The highest BCUT2D eigenvalue weighted by Crippen LogP contribution is 2.30. The Bertz CT molecular complexity index is 851. The minimum atomic E-state index is 0.537. The van der Waals surface area contributed by atoms with Gasteiger partial charge in [-0.15, -0.1) is 10.2 Å². The number of anilines is 1. The first-order valence-corrected chi connectivity index (χ1v) is 11.2. The molecule has 29 heavy (non-hydrogen) atoms. The van der Waals surface area contributed by atoms with E-state index in [-0.39, 0.29) is 0 Å². The van der Waals surface area contributed by atoms with E-state index < -0.39 is 0 Å². The number of piperazine rings is 1. The molecule has 0 aliphatic carbocycles. The molecule has 4 rings (SSSR count). The molecule has 2 aliphatic rings. The van der Waals surface area contributed by atoms with Crippen LogP contribution >= 0.6 is 23.2 Å². The second-order valence-electron chi connectivity index (χ2n) is 8.42. The number of nitrogens with zero attached hydrogens (tertiary/aromatic N) is 5. The number of hydrogen-bond acceptors (Lipinski definition) is 5. The molecule has 2 fully saturated rings. The normalized spacial score (nSPS) is 21.5. The highest BCUT2D eigenvalue weighted by Gasteiger charge is 2.24. The number of piperidine rings is 1. The molecule has 1 atom stereocenters. The van der Waals surface area contributed by atoms with Crippen LogP contribution in [-0.4, -0.2) is 72.9 Å². The van der Waals surface area contributed by atoms with E-state index in [1.165, 1.54) is 32.5 Å². The van der Waals surface area contributed by atoms with Gasteiger partial charge in [0.1, 0.15) is 0 Å². The van der Waals surface area contributed by atoms with Gasteiger partial charge in [-0.1, -0.05) is 29.3 Å². The topological polar surface area (TPSA) is 35.5 Å². The average Bonchev–Trinajstić information content (AvgIpc) is 2.71. The van der Waals surface area contributed by atoms with E-state index in [1.54, 1.807) is 6.07 Å². The predicted octanol–water partition coefficient (Wildman–Crippen LogP) is 4.22. The number of likely N-dealkylation sites (tertiary alicyclic amines) is 1. The molecular weight excluding hydrogens is 405 g/mol. The van der Waals surface area contributed by atoms with Crippen molar-refractivity contribution < 1.29 is 0 Å². The zero-order chi connectivity index (χ0) is 20.4. The van der Waals surface area contributed by atoms with Gasteiger partial charge in [-0.05, 0) is 63.0 Å². The minimum Gasteiger partial charge on any atom is -0.353 e. The highest BCUT2D eigenvalue weighted by atomic mass is 35.5. The van der Waals surface area contributed by atoms with E-state index in [9.17, 15) is 0 Å². The van der Waals surface area contributed by atoms with Crippen molar-refractivity contribution in [1.29, 1.82) is 0 Å². The Balaban J connectivity index is 1.37. The molecule has 0 radical (unpaired) electrons. The lowest BCUT2D eigenvalue weighted by Gasteiger charge is -2.39. The summed E-state index contributed by atoms with van der Waals surface area (Å²) >= 11 is 12.2. The number of rotatable bonds is 4. The quantitative estimate of drug-likeness (QED) is 0.720. The number of aromatic nitrogens is 2. The standard InChI is InChI=1S/C22H29Cl2N5/c1-16-12-21(25-26-22(16)18-5-6-19(23)20(24)13-18)29-10-8-28(9-11-29)15-17-4-3-7-27(2)14-17/h5-6,12-13,17H,3-4,7-11,14-15H2,1-2H3. The van der Waals surface area contributed by atoms with Gasteiger partial charge >= 0.3 is 0 Å².